The fraction of sp³-hybridized carbons (Fsp3) is 1.00. The van der Waals surface area contributed by atoms with Crippen molar-refractivity contribution in [3.63, 3.8) is 0 Å². The van der Waals surface area contributed by atoms with Gasteiger partial charge in [0.15, 0.2) is 0 Å². The normalized spacial score (nSPS) is 10.8. The van der Waals surface area contributed by atoms with Gasteiger partial charge in [-0.05, 0) is 24.3 Å². The maximum absolute atomic E-state index is 2.28. The molecule has 0 heterocycles. The molecule has 0 aliphatic carbocycles. The molecule has 0 aliphatic heterocycles. The Balaban J connectivity index is 2.81. The van der Waals surface area contributed by atoms with E-state index in [1.165, 1.54) is 75.7 Å². The Morgan fingerprint density at radius 2 is 0.933 bits per heavy atom. The third-order valence-electron chi connectivity index (χ3n) is 2.78. The van der Waals surface area contributed by atoms with Crippen molar-refractivity contribution in [2.75, 3.05) is 11.5 Å². The summed E-state index contributed by atoms with van der Waals surface area (Å²) in [5.41, 5.74) is 0. The highest BCUT2D eigenvalue weighted by atomic mass is 32.2. The van der Waals surface area contributed by atoms with E-state index in [2.05, 4.69) is 25.6 Å². The van der Waals surface area contributed by atoms with Crippen LogP contribution in [0.5, 0.6) is 0 Å². The smallest absolute Gasteiger partial charge is 0.00675 e. The van der Waals surface area contributed by atoms with Crippen molar-refractivity contribution in [2.45, 2.75) is 78.1 Å². The Kier molecular flexibility index (Phi) is 14.7. The lowest BCUT2D eigenvalue weighted by Gasteiger charge is -2.02. The second kappa shape index (κ2) is 14.3. The molecule has 0 spiro atoms. The van der Waals surface area contributed by atoms with Crippen LogP contribution in [0.3, 0.4) is 0 Å². The summed E-state index contributed by atoms with van der Waals surface area (Å²) >= 11 is 2.17. The van der Waals surface area contributed by atoms with Gasteiger partial charge in [0, 0.05) is 0 Å². The van der Waals surface area contributed by atoms with Gasteiger partial charge >= 0.3 is 0 Å². The largest absolute Gasteiger partial charge is 0.162 e. The maximum atomic E-state index is 2.28. The molecule has 0 amide bonds. The molecule has 0 N–H and O–H groups in total. The molecule has 0 rings (SSSR count). The summed E-state index contributed by atoms with van der Waals surface area (Å²) in [6, 6.07) is 0. The highest BCUT2D eigenvalue weighted by molar-refractivity contribution is 7.99. The summed E-state index contributed by atoms with van der Waals surface area (Å²) in [4.78, 5) is 0. The van der Waals surface area contributed by atoms with Crippen molar-refractivity contribution >= 4 is 11.8 Å². The molecule has 0 atom stereocenters. The molecule has 0 aromatic heterocycles. The summed E-state index contributed by atoms with van der Waals surface area (Å²) < 4.78 is 0. The fourth-order valence-corrected chi connectivity index (χ4v) is 2.74. The van der Waals surface area contributed by atoms with E-state index in [4.69, 9.17) is 0 Å². The van der Waals surface area contributed by atoms with Crippen molar-refractivity contribution in [2.24, 2.45) is 0 Å². The monoisotopic (exact) mass is 230 g/mol. The van der Waals surface area contributed by atoms with Gasteiger partial charge in [0.1, 0.15) is 0 Å². The van der Waals surface area contributed by atoms with E-state index in [1.807, 2.05) is 0 Å². The Labute approximate surface area is 102 Å². The van der Waals surface area contributed by atoms with Crippen molar-refractivity contribution in [1.82, 2.24) is 0 Å². The molecule has 0 nitrogen and oxygen atoms in total. The first kappa shape index (κ1) is 15.3. The predicted molar refractivity (Wildman–Crippen MR) is 74.8 cm³/mol. The first-order valence-corrected chi connectivity index (χ1v) is 8.15. The highest BCUT2D eigenvalue weighted by Gasteiger charge is 1.92. The zero-order chi connectivity index (χ0) is 11.2. The molecule has 0 saturated carbocycles. The van der Waals surface area contributed by atoms with E-state index in [0.29, 0.717) is 0 Å². The lowest BCUT2D eigenvalue weighted by Crippen LogP contribution is -1.86. The van der Waals surface area contributed by atoms with Crippen LogP contribution in [0.2, 0.25) is 0 Å². The van der Waals surface area contributed by atoms with E-state index in [-0.39, 0.29) is 0 Å². The van der Waals surface area contributed by atoms with Crippen LogP contribution in [0.4, 0.5) is 0 Å². The number of unbranched alkanes of at least 4 members (excludes halogenated alkanes) is 8. The van der Waals surface area contributed by atoms with Crippen molar-refractivity contribution in [1.29, 1.82) is 0 Å². The summed E-state index contributed by atoms with van der Waals surface area (Å²) in [6.07, 6.45) is 14.3. The minimum atomic E-state index is 1.36. The van der Waals surface area contributed by atoms with Crippen LogP contribution in [0.25, 0.3) is 0 Å². The van der Waals surface area contributed by atoms with E-state index < -0.39 is 0 Å². The quantitative estimate of drug-likeness (QED) is 0.390. The Morgan fingerprint density at radius 1 is 0.533 bits per heavy atom. The predicted octanol–water partition coefficient (Wildman–Crippen LogP) is 5.66. The third kappa shape index (κ3) is 14.4. The van der Waals surface area contributed by atoms with Gasteiger partial charge < -0.3 is 0 Å². The molecule has 0 fully saturated rings. The molecule has 92 valence electrons. The van der Waals surface area contributed by atoms with Crippen LogP contribution in [0, 0.1) is 0 Å². The first-order chi connectivity index (χ1) is 7.41. The fourth-order valence-electron chi connectivity index (χ4n) is 1.72. The first-order valence-electron chi connectivity index (χ1n) is 6.99. The Hall–Kier alpha value is 0.350. The van der Waals surface area contributed by atoms with Crippen LogP contribution in [-0.2, 0) is 0 Å². The third-order valence-corrected chi connectivity index (χ3v) is 3.94. The molecule has 0 aromatic carbocycles. The SMILES string of the molecule is CCCCCCCCSCCCCCC. The van der Waals surface area contributed by atoms with Gasteiger partial charge in [-0.2, -0.15) is 11.8 Å². The number of rotatable bonds is 12. The standard InChI is InChI=1S/C14H30S/c1-3-5-7-9-10-12-14-15-13-11-8-6-4-2/h3-14H2,1-2H3. The van der Waals surface area contributed by atoms with E-state index in [1.54, 1.807) is 0 Å². The Morgan fingerprint density at radius 3 is 1.47 bits per heavy atom. The van der Waals surface area contributed by atoms with Gasteiger partial charge in [0.2, 0.25) is 0 Å². The molecule has 0 saturated heterocycles. The van der Waals surface area contributed by atoms with E-state index >= 15 is 0 Å². The lowest BCUT2D eigenvalue weighted by molar-refractivity contribution is 0.627. The van der Waals surface area contributed by atoms with Crippen LogP contribution >= 0.6 is 11.8 Å². The minimum Gasteiger partial charge on any atom is -0.162 e. The Bertz CT molecular complexity index is 89.5. The topological polar surface area (TPSA) is 0 Å². The van der Waals surface area contributed by atoms with Crippen molar-refractivity contribution in [3.05, 3.63) is 0 Å². The van der Waals surface area contributed by atoms with E-state index in [9.17, 15) is 0 Å². The number of hydrogen-bond acceptors (Lipinski definition) is 1. The minimum absolute atomic E-state index is 1.36. The summed E-state index contributed by atoms with van der Waals surface area (Å²) in [5, 5.41) is 0. The maximum Gasteiger partial charge on any atom is -0.00675 e. The zero-order valence-electron chi connectivity index (χ0n) is 10.9. The summed E-state index contributed by atoms with van der Waals surface area (Å²) in [7, 11) is 0. The van der Waals surface area contributed by atoms with Crippen LogP contribution < -0.4 is 0 Å². The van der Waals surface area contributed by atoms with Gasteiger partial charge in [-0.1, -0.05) is 65.2 Å². The molecule has 0 bridgehead atoms. The highest BCUT2D eigenvalue weighted by Crippen LogP contribution is 2.12. The molecular weight excluding hydrogens is 200 g/mol. The molecule has 0 radical (unpaired) electrons. The molecule has 1 heteroatoms. The number of thioether (sulfide) groups is 1. The van der Waals surface area contributed by atoms with Crippen LogP contribution in [0.1, 0.15) is 78.1 Å². The molecule has 0 aliphatic rings. The van der Waals surface area contributed by atoms with Crippen molar-refractivity contribution < 1.29 is 0 Å². The van der Waals surface area contributed by atoms with Gasteiger partial charge in [-0.25, -0.2) is 0 Å². The second-order valence-corrected chi connectivity index (χ2v) is 5.67. The molecule has 0 unspecified atom stereocenters. The summed E-state index contributed by atoms with van der Waals surface area (Å²) in [5.74, 6) is 2.80. The van der Waals surface area contributed by atoms with Gasteiger partial charge in [0.25, 0.3) is 0 Å². The zero-order valence-corrected chi connectivity index (χ0v) is 11.7. The van der Waals surface area contributed by atoms with E-state index in [0.717, 1.165) is 0 Å². The number of hydrogen-bond donors (Lipinski definition) is 0. The molecule has 0 aromatic rings. The molecular formula is C14H30S. The second-order valence-electron chi connectivity index (χ2n) is 4.44. The lowest BCUT2D eigenvalue weighted by atomic mass is 10.1. The molecule has 15 heavy (non-hydrogen) atoms. The van der Waals surface area contributed by atoms with Gasteiger partial charge in [-0.15, -0.1) is 0 Å². The summed E-state index contributed by atoms with van der Waals surface area (Å²) in [6.45, 7) is 4.57. The van der Waals surface area contributed by atoms with Crippen molar-refractivity contribution in [3.8, 4) is 0 Å². The average Bonchev–Trinajstić information content (AvgIpc) is 2.26. The van der Waals surface area contributed by atoms with Crippen LogP contribution in [-0.4, -0.2) is 11.5 Å². The average molecular weight is 230 g/mol. The van der Waals surface area contributed by atoms with Crippen LogP contribution in [0.15, 0.2) is 0 Å². The van der Waals surface area contributed by atoms with Gasteiger partial charge in [-0.3, -0.25) is 0 Å². The van der Waals surface area contributed by atoms with Gasteiger partial charge in [0.05, 0.1) is 0 Å².